The van der Waals surface area contributed by atoms with Crippen molar-refractivity contribution in [3.63, 3.8) is 0 Å². The van der Waals surface area contributed by atoms with E-state index in [2.05, 4.69) is 9.97 Å². The molecule has 4 rings (SSSR count). The van der Waals surface area contributed by atoms with Crippen molar-refractivity contribution in [1.29, 1.82) is 0 Å². The summed E-state index contributed by atoms with van der Waals surface area (Å²) in [5.41, 5.74) is 1.12. The molecule has 0 amide bonds. The smallest absolute Gasteiger partial charge is 0.280 e. The standard InChI is InChI=1S/C23H17F5N2O/c1-12-9-17-15(13(7-8-29-17)5-6-21(25)26)10-19(12)31-20-11-18(23(27)28)30-22-14(20)3-2-4-16(22)24/h2-4,7-11,21,23H,5-6H2,1H3. The van der Waals surface area contributed by atoms with Crippen LogP contribution in [-0.2, 0) is 6.42 Å². The quantitative estimate of drug-likeness (QED) is 0.303. The molecule has 8 heteroatoms. The van der Waals surface area contributed by atoms with Crippen molar-refractivity contribution >= 4 is 21.8 Å². The fourth-order valence-electron chi connectivity index (χ4n) is 3.44. The number of fused-ring (bicyclic) bond motifs is 2. The molecule has 0 radical (unpaired) electrons. The van der Waals surface area contributed by atoms with Crippen molar-refractivity contribution < 1.29 is 26.7 Å². The SMILES string of the molecule is Cc1cc2nccc(CCC(F)F)c2cc1Oc1cc(C(F)F)nc2c(F)cccc12. The van der Waals surface area contributed by atoms with Gasteiger partial charge in [-0.3, -0.25) is 4.98 Å². The summed E-state index contributed by atoms with van der Waals surface area (Å²) in [5.74, 6) is -0.380. The van der Waals surface area contributed by atoms with Gasteiger partial charge in [0, 0.05) is 29.5 Å². The number of rotatable bonds is 6. The maximum Gasteiger partial charge on any atom is 0.280 e. The number of nitrogens with zero attached hydrogens (tertiary/aromatic N) is 2. The molecule has 2 aromatic carbocycles. The van der Waals surface area contributed by atoms with Gasteiger partial charge >= 0.3 is 0 Å². The van der Waals surface area contributed by atoms with Crippen molar-refractivity contribution in [2.45, 2.75) is 32.6 Å². The van der Waals surface area contributed by atoms with E-state index in [9.17, 15) is 22.0 Å². The van der Waals surface area contributed by atoms with E-state index in [0.29, 0.717) is 27.8 Å². The van der Waals surface area contributed by atoms with Crippen molar-refractivity contribution in [3.8, 4) is 11.5 Å². The van der Waals surface area contributed by atoms with Crippen LogP contribution in [0.2, 0.25) is 0 Å². The number of aromatic nitrogens is 2. The number of aryl methyl sites for hydroxylation is 2. The first-order chi connectivity index (χ1) is 14.8. The lowest BCUT2D eigenvalue weighted by Crippen LogP contribution is -1.99. The molecule has 0 bridgehead atoms. The third kappa shape index (κ3) is 4.28. The molecule has 0 saturated carbocycles. The van der Waals surface area contributed by atoms with Gasteiger partial charge in [0.15, 0.2) is 0 Å². The summed E-state index contributed by atoms with van der Waals surface area (Å²) in [6.07, 6.45) is -3.94. The highest BCUT2D eigenvalue weighted by Crippen LogP contribution is 2.36. The molecule has 0 atom stereocenters. The molecule has 2 heterocycles. The molecule has 0 fully saturated rings. The van der Waals surface area contributed by atoms with Gasteiger partial charge in [-0.05, 0) is 54.8 Å². The molecule has 0 unspecified atom stereocenters. The highest BCUT2D eigenvalue weighted by molar-refractivity contribution is 5.87. The molecule has 0 aliphatic heterocycles. The Kier molecular flexibility index (Phi) is 5.71. The number of pyridine rings is 2. The number of benzene rings is 2. The van der Waals surface area contributed by atoms with Crippen LogP contribution in [0.15, 0.2) is 48.7 Å². The van der Waals surface area contributed by atoms with Crippen LogP contribution < -0.4 is 4.74 Å². The summed E-state index contributed by atoms with van der Waals surface area (Å²) in [4.78, 5) is 7.99. The lowest BCUT2D eigenvalue weighted by molar-refractivity contribution is 0.138. The third-order valence-electron chi connectivity index (χ3n) is 4.98. The van der Waals surface area contributed by atoms with E-state index in [4.69, 9.17) is 4.74 Å². The lowest BCUT2D eigenvalue weighted by atomic mass is 10.0. The van der Waals surface area contributed by atoms with Crippen molar-refractivity contribution in [2.75, 3.05) is 0 Å². The molecule has 160 valence electrons. The van der Waals surface area contributed by atoms with Gasteiger partial charge < -0.3 is 4.74 Å². The van der Waals surface area contributed by atoms with Crippen LogP contribution in [0, 0.1) is 12.7 Å². The summed E-state index contributed by atoms with van der Waals surface area (Å²) < 4.78 is 72.2. The van der Waals surface area contributed by atoms with Crippen LogP contribution in [0.3, 0.4) is 0 Å². The summed E-state index contributed by atoms with van der Waals surface area (Å²) in [5, 5.41) is 0.871. The van der Waals surface area contributed by atoms with Gasteiger partial charge in [0.1, 0.15) is 28.5 Å². The van der Waals surface area contributed by atoms with Crippen LogP contribution in [-0.4, -0.2) is 16.4 Å². The van der Waals surface area contributed by atoms with Gasteiger partial charge in [-0.25, -0.2) is 26.9 Å². The topological polar surface area (TPSA) is 35.0 Å². The number of para-hydroxylation sites is 1. The van der Waals surface area contributed by atoms with E-state index in [1.54, 1.807) is 31.3 Å². The first kappa shape index (κ1) is 21.0. The highest BCUT2D eigenvalue weighted by atomic mass is 19.3. The molecule has 2 aromatic heterocycles. The number of ether oxygens (including phenoxy) is 1. The van der Waals surface area contributed by atoms with E-state index < -0.39 is 24.4 Å². The maximum atomic E-state index is 14.2. The van der Waals surface area contributed by atoms with Gasteiger partial charge in [0.2, 0.25) is 6.43 Å². The molecule has 0 N–H and O–H groups in total. The largest absolute Gasteiger partial charge is 0.456 e. The van der Waals surface area contributed by atoms with E-state index in [1.165, 1.54) is 12.1 Å². The van der Waals surface area contributed by atoms with Crippen molar-refractivity contribution in [2.24, 2.45) is 0 Å². The molecular weight excluding hydrogens is 415 g/mol. The van der Waals surface area contributed by atoms with Gasteiger partial charge in [-0.2, -0.15) is 0 Å². The van der Waals surface area contributed by atoms with E-state index >= 15 is 0 Å². The number of halogens is 5. The number of hydrogen-bond acceptors (Lipinski definition) is 3. The first-order valence-electron chi connectivity index (χ1n) is 9.55. The van der Waals surface area contributed by atoms with Gasteiger partial charge in [-0.15, -0.1) is 0 Å². The zero-order valence-corrected chi connectivity index (χ0v) is 16.4. The average Bonchev–Trinajstić information content (AvgIpc) is 2.73. The Morgan fingerprint density at radius 3 is 2.52 bits per heavy atom. The minimum Gasteiger partial charge on any atom is -0.456 e. The van der Waals surface area contributed by atoms with E-state index in [1.807, 2.05) is 0 Å². The second-order valence-electron chi connectivity index (χ2n) is 7.12. The highest BCUT2D eigenvalue weighted by Gasteiger charge is 2.18. The normalized spacial score (nSPS) is 11.7. The zero-order valence-electron chi connectivity index (χ0n) is 16.4. The second-order valence-corrected chi connectivity index (χ2v) is 7.12. The molecule has 0 aliphatic carbocycles. The monoisotopic (exact) mass is 432 g/mol. The summed E-state index contributed by atoms with van der Waals surface area (Å²) in [6.45, 7) is 1.75. The minimum atomic E-state index is -2.91. The fraction of sp³-hybridized carbons (Fsp3) is 0.217. The number of alkyl halides is 4. The third-order valence-corrected chi connectivity index (χ3v) is 4.98. The van der Waals surface area contributed by atoms with E-state index in [-0.39, 0.29) is 29.5 Å². The molecular formula is C23H17F5N2O. The zero-order chi connectivity index (χ0) is 22.1. The minimum absolute atomic E-state index is 0.0280. The van der Waals surface area contributed by atoms with Crippen LogP contribution in [0.1, 0.15) is 29.7 Å². The van der Waals surface area contributed by atoms with Gasteiger partial charge in [0.05, 0.1) is 5.52 Å². The Balaban J connectivity index is 1.83. The Morgan fingerprint density at radius 1 is 0.968 bits per heavy atom. The average molecular weight is 432 g/mol. The predicted molar refractivity (Wildman–Crippen MR) is 108 cm³/mol. The molecule has 3 nitrogen and oxygen atoms in total. The summed E-state index contributed by atoms with van der Waals surface area (Å²) in [6, 6.07) is 10.2. The summed E-state index contributed by atoms with van der Waals surface area (Å²) in [7, 11) is 0. The van der Waals surface area contributed by atoms with Crippen LogP contribution in [0.4, 0.5) is 22.0 Å². The molecule has 0 spiro atoms. The fourth-order valence-corrected chi connectivity index (χ4v) is 3.44. The predicted octanol–water partition coefficient (Wildman–Crippen LogP) is 7.16. The molecule has 31 heavy (non-hydrogen) atoms. The van der Waals surface area contributed by atoms with Gasteiger partial charge in [0.25, 0.3) is 6.43 Å². The summed E-state index contributed by atoms with van der Waals surface area (Å²) >= 11 is 0. The first-order valence-corrected chi connectivity index (χ1v) is 9.55. The second kappa shape index (κ2) is 8.45. The van der Waals surface area contributed by atoms with Crippen LogP contribution >= 0.6 is 0 Å². The Bertz CT molecular complexity index is 1260. The Morgan fingerprint density at radius 2 is 1.77 bits per heavy atom. The van der Waals surface area contributed by atoms with Crippen LogP contribution in [0.25, 0.3) is 21.8 Å². The Hall–Kier alpha value is -3.29. The van der Waals surface area contributed by atoms with E-state index in [0.717, 1.165) is 12.1 Å². The molecule has 0 aliphatic rings. The number of hydrogen-bond donors (Lipinski definition) is 0. The Labute approximate surface area is 174 Å². The van der Waals surface area contributed by atoms with Crippen LogP contribution in [0.5, 0.6) is 11.5 Å². The lowest BCUT2D eigenvalue weighted by Gasteiger charge is -2.15. The van der Waals surface area contributed by atoms with Crippen molar-refractivity contribution in [3.05, 3.63) is 71.3 Å². The van der Waals surface area contributed by atoms with Crippen molar-refractivity contribution in [1.82, 2.24) is 9.97 Å². The molecule has 0 saturated heterocycles. The maximum absolute atomic E-state index is 14.2. The van der Waals surface area contributed by atoms with Gasteiger partial charge in [-0.1, -0.05) is 6.07 Å². The molecule has 4 aromatic rings.